The molecule has 9 rings (SSSR count). The minimum absolute atomic E-state index is 0.0584. The van der Waals surface area contributed by atoms with Gasteiger partial charge in [-0.15, -0.1) is 0 Å². The number of hydrogen-bond acceptors (Lipinski definition) is 2. The van der Waals surface area contributed by atoms with Crippen molar-refractivity contribution in [3.8, 4) is 22.8 Å². The number of ether oxygens (including phenoxy) is 1. The fraction of sp³-hybridized carbons (Fsp3) is 0.471. The van der Waals surface area contributed by atoms with Crippen molar-refractivity contribution in [3.63, 3.8) is 0 Å². The third kappa shape index (κ3) is 2.95. The van der Waals surface area contributed by atoms with E-state index in [9.17, 15) is 0 Å². The van der Waals surface area contributed by atoms with Crippen molar-refractivity contribution in [3.05, 3.63) is 59.4 Å². The second-order valence-electron chi connectivity index (χ2n) is 13.9. The lowest BCUT2D eigenvalue weighted by Crippen LogP contribution is -2.48. The van der Waals surface area contributed by atoms with Crippen LogP contribution in [0, 0.1) is 24.7 Å². The summed E-state index contributed by atoms with van der Waals surface area (Å²) in [5.41, 5.74) is 7.90. The summed E-state index contributed by atoms with van der Waals surface area (Å²) in [6.45, 7) is 9.21. The van der Waals surface area contributed by atoms with Crippen molar-refractivity contribution in [2.24, 2.45) is 24.8 Å². The summed E-state index contributed by atoms with van der Waals surface area (Å²) in [4.78, 5) is 4.99. The van der Waals surface area contributed by atoms with E-state index in [4.69, 9.17) is 9.72 Å². The third-order valence-corrected chi connectivity index (χ3v) is 10.3. The van der Waals surface area contributed by atoms with Gasteiger partial charge in [0.05, 0.1) is 12.6 Å². The van der Waals surface area contributed by atoms with Gasteiger partial charge in [0.1, 0.15) is 16.9 Å². The molecule has 0 N–H and O–H groups in total. The maximum Gasteiger partial charge on any atom is 0.287 e. The smallest absolute Gasteiger partial charge is 0.287 e. The summed E-state index contributed by atoms with van der Waals surface area (Å²) in [7, 11) is 2.14. The minimum Gasteiger partial charge on any atom is -0.455 e. The third-order valence-electron chi connectivity index (χ3n) is 10.3. The molecule has 4 bridgehead atoms. The van der Waals surface area contributed by atoms with Crippen LogP contribution in [-0.4, -0.2) is 4.98 Å². The van der Waals surface area contributed by atoms with Crippen molar-refractivity contribution in [2.45, 2.75) is 77.0 Å². The van der Waals surface area contributed by atoms with Crippen molar-refractivity contribution < 1.29 is 9.30 Å². The first-order valence-corrected chi connectivity index (χ1v) is 14.3. The highest BCUT2D eigenvalue weighted by Crippen LogP contribution is 2.62. The fourth-order valence-corrected chi connectivity index (χ4v) is 9.30. The zero-order valence-corrected chi connectivity index (χ0v) is 22.8. The number of hydrogen-bond donors (Lipinski definition) is 0. The predicted octanol–water partition coefficient (Wildman–Crippen LogP) is 8.06. The average molecular weight is 490 g/mol. The van der Waals surface area contributed by atoms with Gasteiger partial charge >= 0.3 is 0 Å². The number of fused-ring (bicyclic) bond motifs is 3. The summed E-state index contributed by atoms with van der Waals surface area (Å²) in [6, 6.07) is 13.7. The molecular weight excluding hydrogens is 452 g/mol. The lowest BCUT2D eigenvalue weighted by atomic mass is 9.48. The Morgan fingerprint density at radius 3 is 2.24 bits per heavy atom. The van der Waals surface area contributed by atoms with Crippen LogP contribution in [0.25, 0.3) is 32.9 Å². The average Bonchev–Trinajstić information content (AvgIpc) is 2.84. The SMILES string of the molecule is Cc1c2c(c(C(C)(C)C)c3ccccc13)Oc1cc(C34CC5CC(CC(C5)C3)C4)cc3nc[n+](C)c-2c13. The predicted molar refractivity (Wildman–Crippen MR) is 149 cm³/mol. The lowest BCUT2D eigenvalue weighted by Gasteiger charge is -2.57. The van der Waals surface area contributed by atoms with E-state index in [0.717, 1.165) is 34.8 Å². The van der Waals surface area contributed by atoms with Gasteiger partial charge in [-0.1, -0.05) is 45.0 Å². The molecule has 37 heavy (non-hydrogen) atoms. The molecule has 4 aliphatic carbocycles. The summed E-state index contributed by atoms with van der Waals surface area (Å²) in [5.74, 6) is 4.80. The first kappa shape index (κ1) is 22.1. The molecule has 3 aromatic carbocycles. The standard InChI is InChI=1S/C34H37N2O/c1-19-24-8-6-7-9-25(24)30(33(2,3)4)32-28(19)31-29-26(35-18-36(31)5)13-23(14-27(29)37-32)34-15-20-10-21(16-34)12-22(11-20)17-34/h6-9,13-14,18,20-22H,10-12,15-17H2,1-5H3/q+1. The Hall–Kier alpha value is -2.94. The number of benzene rings is 3. The van der Waals surface area contributed by atoms with E-state index in [0.29, 0.717) is 5.41 Å². The Labute approximate surface area is 219 Å². The van der Waals surface area contributed by atoms with Crippen molar-refractivity contribution in [2.75, 3.05) is 0 Å². The number of nitrogens with zero attached hydrogens (tertiary/aromatic N) is 2. The lowest BCUT2D eigenvalue weighted by molar-refractivity contribution is -0.662. The number of aromatic nitrogens is 2. The molecule has 4 aromatic rings. The summed E-state index contributed by atoms with van der Waals surface area (Å²) < 4.78 is 9.32. The summed E-state index contributed by atoms with van der Waals surface area (Å²) in [6.07, 6.45) is 10.5. The monoisotopic (exact) mass is 489 g/mol. The van der Waals surface area contributed by atoms with Crippen molar-refractivity contribution in [1.29, 1.82) is 0 Å². The van der Waals surface area contributed by atoms with Crippen molar-refractivity contribution in [1.82, 2.24) is 4.98 Å². The van der Waals surface area contributed by atoms with Gasteiger partial charge < -0.3 is 4.74 Å². The molecule has 4 saturated carbocycles. The van der Waals surface area contributed by atoms with Gasteiger partial charge in [0.15, 0.2) is 11.2 Å². The Bertz CT molecular complexity index is 1600. The molecule has 0 radical (unpaired) electrons. The largest absolute Gasteiger partial charge is 0.455 e. The molecule has 5 aliphatic rings. The molecule has 2 heterocycles. The number of aryl methyl sites for hydroxylation is 2. The van der Waals surface area contributed by atoms with Gasteiger partial charge in [0.25, 0.3) is 6.33 Å². The molecule has 3 heteroatoms. The van der Waals surface area contributed by atoms with Crippen LogP contribution < -0.4 is 9.30 Å². The molecule has 1 aliphatic heterocycles. The molecule has 0 spiro atoms. The highest BCUT2D eigenvalue weighted by atomic mass is 16.5. The molecule has 0 atom stereocenters. The van der Waals surface area contributed by atoms with Gasteiger partial charge in [0, 0.05) is 5.56 Å². The highest BCUT2D eigenvalue weighted by Gasteiger charge is 2.52. The molecule has 0 amide bonds. The van der Waals surface area contributed by atoms with E-state index in [1.807, 2.05) is 6.33 Å². The molecule has 3 nitrogen and oxygen atoms in total. The van der Waals surface area contributed by atoms with E-state index < -0.39 is 0 Å². The summed E-state index contributed by atoms with van der Waals surface area (Å²) in [5, 5.41) is 3.79. The van der Waals surface area contributed by atoms with Crippen LogP contribution in [0.1, 0.15) is 76.0 Å². The Morgan fingerprint density at radius 2 is 1.59 bits per heavy atom. The van der Waals surface area contributed by atoms with Crippen LogP contribution >= 0.6 is 0 Å². The summed E-state index contributed by atoms with van der Waals surface area (Å²) >= 11 is 0. The maximum absolute atomic E-state index is 7.10. The molecule has 1 aromatic heterocycles. The normalized spacial score (nSPS) is 27.5. The Morgan fingerprint density at radius 1 is 0.946 bits per heavy atom. The molecule has 0 unspecified atom stereocenters. The van der Waals surface area contributed by atoms with Gasteiger partial charge in [-0.05, 0) is 113 Å². The van der Waals surface area contributed by atoms with Crippen LogP contribution in [0.5, 0.6) is 11.5 Å². The molecule has 188 valence electrons. The van der Waals surface area contributed by atoms with E-state index in [-0.39, 0.29) is 5.41 Å². The zero-order chi connectivity index (χ0) is 25.3. The van der Waals surface area contributed by atoms with E-state index in [2.05, 4.69) is 75.7 Å². The molecular formula is C34H37N2O+. The van der Waals surface area contributed by atoms with E-state index in [1.54, 1.807) is 0 Å². The van der Waals surface area contributed by atoms with E-state index >= 15 is 0 Å². The number of rotatable bonds is 1. The first-order valence-electron chi connectivity index (χ1n) is 14.3. The zero-order valence-electron chi connectivity index (χ0n) is 22.8. The van der Waals surface area contributed by atoms with Crippen LogP contribution in [0.15, 0.2) is 42.7 Å². The van der Waals surface area contributed by atoms with Crippen LogP contribution in [-0.2, 0) is 17.9 Å². The van der Waals surface area contributed by atoms with Crippen LogP contribution in [0.4, 0.5) is 0 Å². The van der Waals surface area contributed by atoms with Gasteiger partial charge in [0.2, 0.25) is 0 Å². The Kier molecular flexibility index (Phi) is 4.25. The van der Waals surface area contributed by atoms with E-state index in [1.165, 1.54) is 82.6 Å². The van der Waals surface area contributed by atoms with Crippen LogP contribution in [0.2, 0.25) is 0 Å². The minimum atomic E-state index is -0.0584. The van der Waals surface area contributed by atoms with Gasteiger partial charge in [-0.2, -0.15) is 0 Å². The quantitative estimate of drug-likeness (QED) is 0.223. The fourth-order valence-electron chi connectivity index (χ4n) is 9.30. The topological polar surface area (TPSA) is 26.0 Å². The second-order valence-corrected chi connectivity index (χ2v) is 13.9. The Balaban J connectivity index is 1.43. The van der Waals surface area contributed by atoms with Gasteiger partial charge in [-0.25, -0.2) is 4.57 Å². The maximum atomic E-state index is 7.10. The van der Waals surface area contributed by atoms with Gasteiger partial charge in [-0.3, -0.25) is 0 Å². The molecule has 4 fully saturated rings. The molecule has 0 saturated heterocycles. The van der Waals surface area contributed by atoms with Crippen LogP contribution in [0.3, 0.4) is 0 Å². The first-order chi connectivity index (χ1) is 17.7. The second kappa shape index (κ2) is 7.12. The van der Waals surface area contributed by atoms with Crippen molar-refractivity contribution >= 4 is 21.7 Å². The highest BCUT2D eigenvalue weighted by molar-refractivity contribution is 6.06.